The standard InChI is InChI=1S/C16H15N2O2/c19-15(13-7-3-1-4-8-13)17-11-12-18-16(20)14-9-5-2-6-10-14/h1-10H,11-12H2,(H,17,19). The van der Waals surface area contributed by atoms with E-state index in [0.717, 1.165) is 0 Å². The predicted octanol–water partition coefficient (Wildman–Crippen LogP) is 1.86. The molecule has 2 aromatic carbocycles. The van der Waals surface area contributed by atoms with Gasteiger partial charge in [-0.3, -0.25) is 9.59 Å². The minimum Gasteiger partial charge on any atom is -0.350 e. The Kier molecular flexibility index (Phi) is 4.89. The van der Waals surface area contributed by atoms with Crippen molar-refractivity contribution in [3.63, 3.8) is 0 Å². The van der Waals surface area contributed by atoms with Crippen molar-refractivity contribution < 1.29 is 9.59 Å². The first kappa shape index (κ1) is 13.8. The highest BCUT2D eigenvalue weighted by atomic mass is 16.2. The molecule has 0 aromatic heterocycles. The van der Waals surface area contributed by atoms with E-state index in [0.29, 0.717) is 17.7 Å². The van der Waals surface area contributed by atoms with Gasteiger partial charge in [0.2, 0.25) is 0 Å². The maximum Gasteiger partial charge on any atom is 0.272 e. The summed E-state index contributed by atoms with van der Waals surface area (Å²) < 4.78 is 0. The molecule has 2 amide bonds. The van der Waals surface area contributed by atoms with Crippen molar-refractivity contribution in [2.75, 3.05) is 13.1 Å². The van der Waals surface area contributed by atoms with Crippen LogP contribution in [0, 0.1) is 0 Å². The summed E-state index contributed by atoms with van der Waals surface area (Å²) in [4.78, 5) is 23.4. The van der Waals surface area contributed by atoms with E-state index in [-0.39, 0.29) is 18.4 Å². The van der Waals surface area contributed by atoms with Gasteiger partial charge in [-0.25, -0.2) is 5.32 Å². The highest BCUT2D eigenvalue weighted by molar-refractivity contribution is 5.95. The topological polar surface area (TPSA) is 60.3 Å². The Bertz CT molecular complexity index is 514. The van der Waals surface area contributed by atoms with Gasteiger partial charge in [-0.2, -0.15) is 0 Å². The van der Waals surface area contributed by atoms with Crippen LogP contribution in [0.5, 0.6) is 0 Å². The third kappa shape index (κ3) is 3.95. The zero-order valence-corrected chi connectivity index (χ0v) is 11.0. The first-order chi connectivity index (χ1) is 9.77. The normalized spacial score (nSPS) is 9.80. The summed E-state index contributed by atoms with van der Waals surface area (Å²) in [6.07, 6.45) is 0. The van der Waals surface area contributed by atoms with E-state index in [1.54, 1.807) is 48.5 Å². The second-order valence-corrected chi connectivity index (χ2v) is 4.17. The van der Waals surface area contributed by atoms with Gasteiger partial charge in [-0.05, 0) is 24.3 Å². The molecule has 0 fully saturated rings. The molecule has 20 heavy (non-hydrogen) atoms. The van der Waals surface area contributed by atoms with E-state index < -0.39 is 0 Å². The molecule has 0 aliphatic heterocycles. The number of carbonyl (C=O) groups excluding carboxylic acids is 2. The van der Waals surface area contributed by atoms with Gasteiger partial charge in [0.25, 0.3) is 11.8 Å². The van der Waals surface area contributed by atoms with Crippen LogP contribution in [0.15, 0.2) is 60.7 Å². The van der Waals surface area contributed by atoms with Crippen LogP contribution in [0.4, 0.5) is 0 Å². The SMILES string of the molecule is O=C([N]CCNC(=O)c1ccccc1)c1ccccc1. The van der Waals surface area contributed by atoms with Gasteiger partial charge < -0.3 is 5.32 Å². The monoisotopic (exact) mass is 267 g/mol. The van der Waals surface area contributed by atoms with E-state index in [2.05, 4.69) is 10.6 Å². The van der Waals surface area contributed by atoms with Crippen molar-refractivity contribution in [2.45, 2.75) is 0 Å². The fraction of sp³-hybridized carbons (Fsp3) is 0.125. The van der Waals surface area contributed by atoms with Crippen LogP contribution in [-0.2, 0) is 0 Å². The van der Waals surface area contributed by atoms with Crippen molar-refractivity contribution >= 4 is 11.8 Å². The van der Waals surface area contributed by atoms with E-state index in [1.807, 2.05) is 12.1 Å². The van der Waals surface area contributed by atoms with Gasteiger partial charge in [-0.15, -0.1) is 0 Å². The number of hydrogen-bond acceptors (Lipinski definition) is 2. The number of nitrogens with zero attached hydrogens (tertiary/aromatic N) is 1. The van der Waals surface area contributed by atoms with Crippen LogP contribution in [0.1, 0.15) is 20.7 Å². The Hall–Kier alpha value is -2.62. The third-order valence-electron chi connectivity index (χ3n) is 2.71. The average Bonchev–Trinajstić information content (AvgIpc) is 2.53. The molecule has 0 heterocycles. The molecule has 2 aromatic rings. The fourth-order valence-electron chi connectivity index (χ4n) is 1.69. The first-order valence-corrected chi connectivity index (χ1v) is 6.37. The molecule has 0 spiro atoms. The van der Waals surface area contributed by atoms with Crippen LogP contribution in [0.3, 0.4) is 0 Å². The van der Waals surface area contributed by atoms with E-state index in [4.69, 9.17) is 0 Å². The maximum absolute atomic E-state index is 11.7. The molecule has 1 radical (unpaired) electrons. The quantitative estimate of drug-likeness (QED) is 0.841. The lowest BCUT2D eigenvalue weighted by Crippen LogP contribution is -2.31. The van der Waals surface area contributed by atoms with Crippen molar-refractivity contribution in [1.82, 2.24) is 10.6 Å². The predicted molar refractivity (Wildman–Crippen MR) is 76.5 cm³/mol. The van der Waals surface area contributed by atoms with Gasteiger partial charge in [-0.1, -0.05) is 36.4 Å². The Morgan fingerprint density at radius 1 is 0.850 bits per heavy atom. The minimum atomic E-state index is -0.264. The smallest absolute Gasteiger partial charge is 0.272 e. The molecular formula is C16H15N2O2. The van der Waals surface area contributed by atoms with Crippen molar-refractivity contribution in [1.29, 1.82) is 0 Å². The molecule has 0 saturated heterocycles. The largest absolute Gasteiger partial charge is 0.350 e. The average molecular weight is 267 g/mol. The summed E-state index contributed by atoms with van der Waals surface area (Å²) in [5, 5.41) is 6.63. The fourth-order valence-corrected chi connectivity index (χ4v) is 1.69. The summed E-state index contributed by atoms with van der Waals surface area (Å²) >= 11 is 0. The lowest BCUT2D eigenvalue weighted by atomic mass is 10.2. The summed E-state index contributed by atoms with van der Waals surface area (Å²) in [5.74, 6) is -0.424. The second-order valence-electron chi connectivity index (χ2n) is 4.17. The van der Waals surface area contributed by atoms with Gasteiger partial charge in [0.15, 0.2) is 0 Å². The molecule has 0 aliphatic rings. The summed E-state index contributed by atoms with van der Waals surface area (Å²) in [6.45, 7) is 0.610. The van der Waals surface area contributed by atoms with Gasteiger partial charge in [0.1, 0.15) is 0 Å². The number of hydrogen-bond donors (Lipinski definition) is 1. The molecule has 0 unspecified atom stereocenters. The second kappa shape index (κ2) is 7.09. The molecule has 1 N–H and O–H groups in total. The summed E-state index contributed by atoms with van der Waals surface area (Å²) in [7, 11) is 0. The Morgan fingerprint density at radius 2 is 1.40 bits per heavy atom. The van der Waals surface area contributed by atoms with Crippen LogP contribution in [0.2, 0.25) is 0 Å². The van der Waals surface area contributed by atoms with E-state index in [1.165, 1.54) is 0 Å². The van der Waals surface area contributed by atoms with Crippen molar-refractivity contribution in [3.8, 4) is 0 Å². The molecule has 2 rings (SSSR count). The first-order valence-electron chi connectivity index (χ1n) is 6.37. The van der Waals surface area contributed by atoms with Crippen LogP contribution in [-0.4, -0.2) is 24.9 Å². The maximum atomic E-state index is 11.7. The molecule has 0 saturated carbocycles. The van der Waals surface area contributed by atoms with Crippen LogP contribution >= 0.6 is 0 Å². The molecule has 0 aliphatic carbocycles. The van der Waals surface area contributed by atoms with Crippen LogP contribution in [0.25, 0.3) is 0 Å². The highest BCUT2D eigenvalue weighted by Crippen LogP contribution is 1.99. The molecule has 101 valence electrons. The van der Waals surface area contributed by atoms with E-state index in [9.17, 15) is 9.59 Å². The van der Waals surface area contributed by atoms with E-state index >= 15 is 0 Å². The molecule has 4 heteroatoms. The van der Waals surface area contributed by atoms with Gasteiger partial charge in [0, 0.05) is 17.7 Å². The van der Waals surface area contributed by atoms with Crippen molar-refractivity contribution in [2.24, 2.45) is 0 Å². The van der Waals surface area contributed by atoms with Crippen molar-refractivity contribution in [3.05, 3.63) is 71.8 Å². The van der Waals surface area contributed by atoms with Gasteiger partial charge >= 0.3 is 0 Å². The molecule has 0 atom stereocenters. The van der Waals surface area contributed by atoms with Crippen LogP contribution < -0.4 is 10.6 Å². The zero-order valence-electron chi connectivity index (χ0n) is 11.0. The molecular weight excluding hydrogens is 252 g/mol. The Labute approximate surface area is 117 Å². The Balaban J connectivity index is 1.72. The summed E-state index contributed by atoms with van der Waals surface area (Å²) in [6, 6.07) is 17.8. The number of amides is 2. The molecule has 4 nitrogen and oxygen atoms in total. The van der Waals surface area contributed by atoms with Gasteiger partial charge in [0.05, 0.1) is 6.54 Å². The highest BCUT2D eigenvalue weighted by Gasteiger charge is 2.06. The number of carbonyl (C=O) groups is 2. The lowest BCUT2D eigenvalue weighted by molar-refractivity contribution is 0.0925. The Morgan fingerprint density at radius 3 is 2.00 bits per heavy atom. The summed E-state index contributed by atoms with van der Waals surface area (Å²) in [5.41, 5.74) is 1.16. The number of nitrogens with one attached hydrogen (secondary N) is 1. The molecule has 0 bridgehead atoms. The minimum absolute atomic E-state index is 0.159. The number of benzene rings is 2. The third-order valence-corrected chi connectivity index (χ3v) is 2.71. The lowest BCUT2D eigenvalue weighted by Gasteiger charge is -2.05. The number of rotatable bonds is 5. The zero-order chi connectivity index (χ0) is 14.2.